The lowest BCUT2D eigenvalue weighted by molar-refractivity contribution is -0.144. The molecular formula is C77H103N21O21. The first-order valence-electron chi connectivity index (χ1n) is 37.9. The molecule has 1 fully saturated rings. The number of H-pyrrole nitrogens is 1. The molecule has 6 rings (SSSR count). The average molecular weight is 1660 g/mol. The number of carbonyl (C=O) groups excluding carboxylic acids is 17. The Balaban J connectivity index is 1.50. The van der Waals surface area contributed by atoms with Gasteiger partial charge in [-0.3, -0.25) is 86.9 Å². The van der Waals surface area contributed by atoms with Gasteiger partial charge in [0.1, 0.15) is 77.7 Å². The van der Waals surface area contributed by atoms with Crippen molar-refractivity contribution < 1.29 is 101 Å². The molecule has 0 saturated carbocycles. The number of carbonyl (C=O) groups is 18. The van der Waals surface area contributed by atoms with Gasteiger partial charge in [-0.15, -0.1) is 0 Å². The molecule has 119 heavy (non-hydrogen) atoms. The lowest BCUT2D eigenvalue weighted by atomic mass is 9.96. The first-order valence-corrected chi connectivity index (χ1v) is 37.9. The molecule has 4 aromatic carbocycles. The second-order valence-electron chi connectivity index (χ2n) is 28.9. The molecule has 12 atom stereocenters. The van der Waals surface area contributed by atoms with Crippen LogP contribution >= 0.6 is 0 Å². The Morgan fingerprint density at radius 3 is 1.75 bits per heavy atom. The summed E-state index contributed by atoms with van der Waals surface area (Å²) >= 11 is 0. The number of aliphatic hydroxyl groups excluding tert-OH is 1. The van der Waals surface area contributed by atoms with E-state index in [4.69, 9.17) is 38.8 Å². The zero-order valence-electron chi connectivity index (χ0n) is 66.0. The average Bonchev–Trinajstić information content (AvgIpc) is 1.71. The standard InChI is InChI=1S/C77H103N21O21/c1-38(99)63-73(115)94-53(33-43-37-86-47-18-9-8-17-46(43)47)69(111)89-50(25-27-58(78)101)66(108)88-49(20-12-30-85-76(82)83)65(107)90-52(31-40-21-23-44(119-5)24-22-40)68(110)91-54(32-42-15-10-14-41-13-6-7-16-45(41)42)72(114)98-77(3,4)75(118)96-51(67(109)92-55(34-59(79)102)70(112)95-57(74(116)117)36-61(81)104)26-28-62(105)84-29-11-19-48(87-39(2)100)64(106)93-56(35-60(80)103)71(113)97-63/h6-10,13-18,21-24,37-38,48-57,63,86,99H,11-12,19-20,25-36H2,1-5H3,(H2,78,101)(H2,79,102)(H2,80,103)(H2,81,104)(H,84,105)(H,87,100)(H,88,108)(H,89,111)(H,90,107)(H,91,110)(H,92,109)(H,93,106)(H,94,115)(H,95,112)(H,96,118)(H,97,113)(H,98,114)(H,116,117)(H4,82,83,85)/t38-,48?,49+,50+,51-,52+,53+,54+,55+,56+,57+,63?/m1/s1. The highest BCUT2D eigenvalue weighted by atomic mass is 16.5. The van der Waals surface area contributed by atoms with Gasteiger partial charge in [0.15, 0.2) is 5.96 Å². The first-order chi connectivity index (χ1) is 56.2. The number of primary amides is 4. The Morgan fingerprint density at radius 1 is 0.588 bits per heavy atom. The molecule has 1 aliphatic rings. The molecule has 0 radical (unpaired) electrons. The topological polar surface area (TPSA) is 695 Å². The number of amides is 17. The summed E-state index contributed by atoms with van der Waals surface area (Å²) in [5.41, 5.74) is 27.1. The summed E-state index contributed by atoms with van der Waals surface area (Å²) in [5, 5.41) is 65.0. The molecule has 2 heterocycles. The highest BCUT2D eigenvalue weighted by molar-refractivity contribution is 6.02. The third-order valence-electron chi connectivity index (χ3n) is 19.0. The van der Waals surface area contributed by atoms with Gasteiger partial charge >= 0.3 is 5.97 Å². The zero-order chi connectivity index (χ0) is 88.0. The zero-order valence-corrected chi connectivity index (χ0v) is 66.0. The van der Waals surface area contributed by atoms with E-state index in [-0.39, 0.29) is 51.6 Å². The van der Waals surface area contributed by atoms with E-state index < -0.39 is 242 Å². The lowest BCUT2D eigenvalue weighted by Gasteiger charge is -2.31. The Kier molecular flexibility index (Phi) is 35.5. The van der Waals surface area contributed by atoms with Crippen LogP contribution in [-0.4, -0.2) is 226 Å². The number of hydrogen-bond acceptors (Lipinski definition) is 21. The van der Waals surface area contributed by atoms with Crippen molar-refractivity contribution in [3.8, 4) is 5.75 Å². The van der Waals surface area contributed by atoms with Crippen molar-refractivity contribution >= 4 is 134 Å². The van der Waals surface area contributed by atoms with Gasteiger partial charge in [0.2, 0.25) is 100 Å². The summed E-state index contributed by atoms with van der Waals surface area (Å²) in [7, 11) is 1.40. The maximum atomic E-state index is 15.5. The van der Waals surface area contributed by atoms with Crippen molar-refractivity contribution in [2.24, 2.45) is 28.7 Å². The minimum absolute atomic E-state index is 0.0580. The number of guanidine groups is 1. The third kappa shape index (κ3) is 30.1. The quantitative estimate of drug-likeness (QED) is 0.0132. The molecule has 42 nitrogen and oxygen atoms in total. The van der Waals surface area contributed by atoms with E-state index in [0.29, 0.717) is 44.1 Å². The predicted molar refractivity (Wildman–Crippen MR) is 425 cm³/mol. The smallest absolute Gasteiger partial charge is 0.326 e. The SMILES string of the molecule is COc1ccc(C[C@@H]2NC(=O)[C@H](CCCNC(=N)N)NC(=O)[C@H](CCC(N)=O)NC(=O)[C@H](Cc3c[nH]c4ccccc34)NC(=O)C([C@@H](C)O)NC(=O)[C@H](CC(N)=O)NC(=O)C(NC(C)=O)CCCNC(=O)CC[C@H](C(=O)N[C@@H](CC(N)=O)C(=O)N[C@@H](CC(N)=O)C(=O)O)NC(=O)C(C)(C)NC(=O)[C@H](Cc3cccc4ccccc34)NC2=O)cc1. The van der Waals surface area contributed by atoms with Crippen molar-refractivity contribution in [3.05, 3.63) is 114 Å². The summed E-state index contributed by atoms with van der Waals surface area (Å²) in [6.45, 7) is 4.04. The second-order valence-corrected chi connectivity index (χ2v) is 28.9. The van der Waals surface area contributed by atoms with Crippen LogP contribution in [0.1, 0.15) is 115 Å². The summed E-state index contributed by atoms with van der Waals surface area (Å²) in [6, 6.07) is 4.77. The van der Waals surface area contributed by atoms with E-state index in [1.54, 1.807) is 91.0 Å². The van der Waals surface area contributed by atoms with Crippen LogP contribution in [0.25, 0.3) is 21.7 Å². The van der Waals surface area contributed by atoms with Crippen molar-refractivity contribution in [3.63, 3.8) is 0 Å². The summed E-state index contributed by atoms with van der Waals surface area (Å²) in [6.07, 6.45) is -7.85. The van der Waals surface area contributed by atoms with Crippen molar-refractivity contribution in [2.75, 3.05) is 20.2 Å². The fourth-order valence-electron chi connectivity index (χ4n) is 12.7. The molecule has 1 aromatic heterocycles. The number of aliphatic carboxylic acids is 1. The van der Waals surface area contributed by atoms with Crippen molar-refractivity contribution in [2.45, 2.75) is 196 Å². The van der Waals surface area contributed by atoms with E-state index in [1.807, 2.05) is 5.32 Å². The molecular weight excluding hydrogens is 1550 g/mol. The number of fused-ring (bicyclic) bond motifs is 2. The number of para-hydroxylation sites is 1. The molecule has 0 aliphatic carbocycles. The highest BCUT2D eigenvalue weighted by Gasteiger charge is 2.41. The van der Waals surface area contributed by atoms with E-state index in [1.165, 1.54) is 27.2 Å². The van der Waals surface area contributed by atoms with Crippen LogP contribution < -0.4 is 108 Å². The number of methoxy groups -OCH3 is 1. The number of aromatic nitrogens is 1. The fourth-order valence-corrected chi connectivity index (χ4v) is 12.7. The number of aromatic amines is 1. The number of ether oxygens (including phenoxy) is 1. The van der Waals surface area contributed by atoms with E-state index >= 15 is 24.0 Å². The number of carboxylic acid groups (broad SMARTS) is 1. The lowest BCUT2D eigenvalue weighted by Crippen LogP contribution is -2.64. The molecule has 2 unspecified atom stereocenters. The molecule has 28 N–H and O–H groups in total. The monoisotopic (exact) mass is 1660 g/mol. The van der Waals surface area contributed by atoms with Crippen LogP contribution in [0.2, 0.25) is 0 Å². The van der Waals surface area contributed by atoms with Gasteiger partial charge in [-0.25, -0.2) is 4.79 Å². The predicted octanol–water partition coefficient (Wildman–Crippen LogP) is -6.08. The number of nitrogens with one attached hydrogen (secondary N) is 16. The van der Waals surface area contributed by atoms with Gasteiger partial charge in [0.05, 0.1) is 32.5 Å². The Labute approximate surface area is 681 Å². The van der Waals surface area contributed by atoms with Gasteiger partial charge in [-0.2, -0.15) is 0 Å². The summed E-state index contributed by atoms with van der Waals surface area (Å²) < 4.78 is 5.37. The van der Waals surface area contributed by atoms with Crippen LogP contribution in [0.4, 0.5) is 0 Å². The van der Waals surface area contributed by atoms with Crippen LogP contribution in [0, 0.1) is 5.41 Å². The molecule has 1 saturated heterocycles. The highest BCUT2D eigenvalue weighted by Crippen LogP contribution is 2.23. The molecule has 1 aliphatic heterocycles. The van der Waals surface area contributed by atoms with Crippen LogP contribution in [0.3, 0.4) is 0 Å². The Hall–Kier alpha value is -13.8. The molecule has 0 bridgehead atoms. The van der Waals surface area contributed by atoms with Gasteiger partial charge in [0, 0.05) is 69.2 Å². The van der Waals surface area contributed by atoms with Gasteiger partial charge in [-0.05, 0) is 105 Å². The molecule has 17 amide bonds. The van der Waals surface area contributed by atoms with E-state index in [9.17, 15) is 72.5 Å². The van der Waals surface area contributed by atoms with Gasteiger partial charge in [0.25, 0.3) is 0 Å². The number of benzene rings is 4. The van der Waals surface area contributed by atoms with E-state index in [0.717, 1.165) is 13.8 Å². The van der Waals surface area contributed by atoms with Crippen LogP contribution in [0.15, 0.2) is 97.2 Å². The number of rotatable bonds is 27. The van der Waals surface area contributed by atoms with E-state index in [2.05, 4.69) is 74.1 Å². The number of aliphatic hydroxyl groups is 1. The summed E-state index contributed by atoms with van der Waals surface area (Å²) in [4.78, 5) is 254. The Morgan fingerprint density at radius 2 is 1.14 bits per heavy atom. The molecule has 5 aromatic rings. The Bertz CT molecular complexity index is 4590. The maximum absolute atomic E-state index is 15.5. The number of nitrogens with two attached hydrogens (primary N) is 5. The minimum atomic E-state index is -2.18. The van der Waals surface area contributed by atoms with Gasteiger partial charge in [-0.1, -0.05) is 72.8 Å². The first kappa shape index (κ1) is 94.0. The van der Waals surface area contributed by atoms with Crippen molar-refractivity contribution in [1.29, 1.82) is 5.41 Å². The number of carboxylic acids is 1. The maximum Gasteiger partial charge on any atom is 0.326 e. The van der Waals surface area contributed by atoms with Crippen molar-refractivity contribution in [1.82, 2.24) is 79.4 Å². The number of hydrogen-bond donors (Lipinski definition) is 23. The normalized spacial score (nSPS) is 21.4. The largest absolute Gasteiger partial charge is 0.497 e. The summed E-state index contributed by atoms with van der Waals surface area (Å²) in [5.74, 6) is -21.2. The van der Waals surface area contributed by atoms with Crippen LogP contribution in [0.5, 0.6) is 5.75 Å². The third-order valence-corrected chi connectivity index (χ3v) is 19.0. The second kappa shape index (κ2) is 44.9. The van der Waals surface area contributed by atoms with Crippen LogP contribution in [-0.2, 0) is 106 Å². The molecule has 642 valence electrons. The van der Waals surface area contributed by atoms with Gasteiger partial charge < -0.3 is 123 Å². The molecule has 42 heteroatoms. The minimum Gasteiger partial charge on any atom is -0.497 e. The fraction of sp³-hybridized carbons (Fsp3) is 0.442. The molecule has 0 spiro atoms.